The van der Waals surface area contributed by atoms with Gasteiger partial charge in [0.1, 0.15) is 23.7 Å². The molecule has 43 heavy (non-hydrogen) atoms. The maximum atomic E-state index is 12.9. The summed E-state index contributed by atoms with van der Waals surface area (Å²) in [5.41, 5.74) is 3.22. The molecule has 0 saturated carbocycles. The van der Waals surface area contributed by atoms with Crippen molar-refractivity contribution in [2.24, 2.45) is 0 Å². The van der Waals surface area contributed by atoms with Crippen molar-refractivity contribution in [2.75, 3.05) is 25.6 Å². The smallest absolute Gasteiger partial charge is 0.297 e. The van der Waals surface area contributed by atoms with Gasteiger partial charge in [-0.15, -0.1) is 0 Å². The van der Waals surface area contributed by atoms with E-state index in [0.29, 0.717) is 59.5 Å². The first kappa shape index (κ1) is 31.8. The number of hydrogen-bond donors (Lipinski definition) is 1. The van der Waals surface area contributed by atoms with Crippen molar-refractivity contribution < 1.29 is 23.9 Å². The number of ether oxygens (including phenoxy) is 2. The van der Waals surface area contributed by atoms with Crippen LogP contribution in [0.5, 0.6) is 11.8 Å². The highest BCUT2D eigenvalue weighted by molar-refractivity contribution is 6.38. The van der Waals surface area contributed by atoms with Gasteiger partial charge in [-0.1, -0.05) is 35.3 Å². The van der Waals surface area contributed by atoms with Gasteiger partial charge >= 0.3 is 0 Å². The SMILES string of the molecule is COc1nc2c(OCc3c(Cl)ccc(N(C)C(=O)CCC(=O)CCCNC(C)=O)c3Cl)cccc2n1Cc1ccccn1. The molecule has 0 saturated heterocycles. The number of ketones is 1. The molecule has 1 N–H and O–H groups in total. The zero-order valence-corrected chi connectivity index (χ0v) is 25.7. The number of nitrogens with zero attached hydrogens (tertiary/aromatic N) is 4. The quantitative estimate of drug-likeness (QED) is 0.181. The van der Waals surface area contributed by atoms with E-state index >= 15 is 0 Å². The monoisotopic (exact) mass is 625 g/mol. The summed E-state index contributed by atoms with van der Waals surface area (Å²) >= 11 is 13.3. The minimum absolute atomic E-state index is 0.0227. The summed E-state index contributed by atoms with van der Waals surface area (Å²) in [6.07, 6.45) is 2.69. The van der Waals surface area contributed by atoms with Crippen molar-refractivity contribution in [1.29, 1.82) is 0 Å². The third-order valence-corrected chi connectivity index (χ3v) is 7.61. The lowest BCUT2D eigenvalue weighted by Gasteiger charge is -2.21. The number of benzene rings is 2. The molecule has 10 nitrogen and oxygen atoms in total. The molecular weight excluding hydrogens is 593 g/mol. The fourth-order valence-electron chi connectivity index (χ4n) is 4.53. The van der Waals surface area contributed by atoms with Crippen LogP contribution in [0.4, 0.5) is 5.69 Å². The Morgan fingerprint density at radius 3 is 2.56 bits per heavy atom. The molecule has 12 heteroatoms. The van der Waals surface area contributed by atoms with Crippen LogP contribution in [-0.4, -0.2) is 52.8 Å². The van der Waals surface area contributed by atoms with E-state index in [4.69, 9.17) is 32.7 Å². The summed E-state index contributed by atoms with van der Waals surface area (Å²) in [6, 6.07) is 15.0. The number of hydrogen-bond acceptors (Lipinski definition) is 7. The first-order chi connectivity index (χ1) is 20.7. The maximum absolute atomic E-state index is 12.9. The number of halogens is 2. The average Bonchev–Trinajstić information content (AvgIpc) is 3.36. The van der Waals surface area contributed by atoms with E-state index in [1.807, 2.05) is 34.9 Å². The molecular formula is C31H33Cl2N5O5. The van der Waals surface area contributed by atoms with E-state index in [-0.39, 0.29) is 42.1 Å². The number of Topliss-reactive ketones (excluding diaryl/α,β-unsaturated/α-hetero) is 1. The molecule has 0 atom stereocenters. The van der Waals surface area contributed by atoms with Gasteiger partial charge in [0.05, 0.1) is 35.6 Å². The Morgan fingerprint density at radius 1 is 1.02 bits per heavy atom. The Morgan fingerprint density at radius 2 is 1.84 bits per heavy atom. The molecule has 4 rings (SSSR count). The second-order valence-corrected chi connectivity index (χ2v) is 10.6. The summed E-state index contributed by atoms with van der Waals surface area (Å²) in [4.78, 5) is 46.5. The lowest BCUT2D eigenvalue weighted by molar-refractivity contribution is -0.124. The van der Waals surface area contributed by atoms with E-state index < -0.39 is 0 Å². The Kier molecular flexibility index (Phi) is 11.0. The molecule has 0 fully saturated rings. The number of anilines is 1. The third kappa shape index (κ3) is 8.03. The van der Waals surface area contributed by atoms with Gasteiger partial charge in [-0.3, -0.25) is 23.9 Å². The number of para-hydroxylation sites is 1. The zero-order chi connectivity index (χ0) is 30.9. The van der Waals surface area contributed by atoms with Crippen molar-refractivity contribution in [3.63, 3.8) is 0 Å². The number of imidazole rings is 1. The van der Waals surface area contributed by atoms with Crippen LogP contribution in [0.1, 0.15) is 43.9 Å². The zero-order valence-electron chi connectivity index (χ0n) is 24.2. The molecule has 0 radical (unpaired) electrons. The Balaban J connectivity index is 1.45. The minimum Gasteiger partial charge on any atom is -0.486 e. The number of fused-ring (bicyclic) bond motifs is 1. The normalized spacial score (nSPS) is 10.9. The van der Waals surface area contributed by atoms with Crippen LogP contribution in [0.3, 0.4) is 0 Å². The largest absolute Gasteiger partial charge is 0.486 e. The van der Waals surface area contributed by atoms with E-state index in [2.05, 4.69) is 15.3 Å². The van der Waals surface area contributed by atoms with Crippen LogP contribution in [0.2, 0.25) is 10.0 Å². The number of amides is 2. The third-order valence-electron chi connectivity index (χ3n) is 6.83. The Hall–Kier alpha value is -4.15. The van der Waals surface area contributed by atoms with Gasteiger partial charge in [-0.2, -0.15) is 4.98 Å². The van der Waals surface area contributed by atoms with Crippen molar-refractivity contribution >= 4 is 57.5 Å². The highest BCUT2D eigenvalue weighted by Crippen LogP contribution is 2.36. The lowest BCUT2D eigenvalue weighted by atomic mass is 10.1. The number of nitrogens with one attached hydrogen (secondary N) is 1. The van der Waals surface area contributed by atoms with E-state index in [1.54, 1.807) is 38.6 Å². The summed E-state index contributed by atoms with van der Waals surface area (Å²) in [5.74, 6) is 0.0614. The molecule has 2 heterocycles. The molecule has 4 aromatic rings. The van der Waals surface area contributed by atoms with Gasteiger partial charge < -0.3 is 19.7 Å². The van der Waals surface area contributed by atoms with Crippen LogP contribution < -0.4 is 19.7 Å². The first-order valence-electron chi connectivity index (χ1n) is 13.7. The van der Waals surface area contributed by atoms with Gasteiger partial charge in [-0.05, 0) is 42.8 Å². The van der Waals surface area contributed by atoms with Crippen molar-refractivity contribution in [3.8, 4) is 11.8 Å². The van der Waals surface area contributed by atoms with Gasteiger partial charge in [0.15, 0.2) is 0 Å². The highest BCUT2D eigenvalue weighted by atomic mass is 35.5. The van der Waals surface area contributed by atoms with Crippen LogP contribution in [0.25, 0.3) is 11.0 Å². The summed E-state index contributed by atoms with van der Waals surface area (Å²) < 4.78 is 13.6. The predicted molar refractivity (Wildman–Crippen MR) is 166 cm³/mol. The number of methoxy groups -OCH3 is 1. The molecule has 0 spiro atoms. The Labute approximate surface area is 259 Å². The number of carbonyl (C=O) groups excluding carboxylic acids is 3. The first-order valence-corrected chi connectivity index (χ1v) is 14.5. The fraction of sp³-hybridized carbons (Fsp3) is 0.323. The van der Waals surface area contributed by atoms with Crippen LogP contribution >= 0.6 is 23.2 Å². The molecule has 0 unspecified atom stereocenters. The van der Waals surface area contributed by atoms with Crippen LogP contribution in [0.15, 0.2) is 54.7 Å². The number of aromatic nitrogens is 3. The molecule has 0 aliphatic rings. The summed E-state index contributed by atoms with van der Waals surface area (Å²) in [7, 11) is 3.16. The number of rotatable bonds is 14. The van der Waals surface area contributed by atoms with Gasteiger partial charge in [-0.25, -0.2) is 0 Å². The highest BCUT2D eigenvalue weighted by Gasteiger charge is 2.21. The number of pyridine rings is 1. The van der Waals surface area contributed by atoms with Gasteiger partial charge in [0.25, 0.3) is 6.01 Å². The summed E-state index contributed by atoms with van der Waals surface area (Å²) in [5, 5.41) is 3.31. The van der Waals surface area contributed by atoms with Crippen molar-refractivity contribution in [3.05, 3.63) is 76.0 Å². The van der Waals surface area contributed by atoms with E-state index in [9.17, 15) is 14.4 Å². The standard InChI is InChI=1S/C31H33Cl2N5O5/c1-20(39)34-17-7-9-22(40)12-15-28(41)37(2)25-14-13-24(32)23(29(25)33)19-43-27-11-6-10-26-30(27)36-31(42-3)38(26)18-21-8-4-5-16-35-21/h4-6,8,10-11,13-14,16H,7,9,12,15,17-19H2,1-3H3,(H,34,39). The molecule has 226 valence electrons. The van der Waals surface area contributed by atoms with Crippen LogP contribution in [-0.2, 0) is 27.5 Å². The molecule has 2 aromatic heterocycles. The molecule has 2 amide bonds. The van der Waals surface area contributed by atoms with Crippen molar-refractivity contribution in [2.45, 2.75) is 45.8 Å². The number of carbonyl (C=O) groups is 3. The second-order valence-electron chi connectivity index (χ2n) is 9.86. The second kappa shape index (κ2) is 14.8. The fourth-order valence-corrected chi connectivity index (χ4v) is 5.14. The Bertz CT molecular complexity index is 1610. The summed E-state index contributed by atoms with van der Waals surface area (Å²) in [6.45, 7) is 2.34. The van der Waals surface area contributed by atoms with Crippen molar-refractivity contribution in [1.82, 2.24) is 19.9 Å². The topological polar surface area (TPSA) is 116 Å². The molecule has 0 aliphatic heterocycles. The average molecular weight is 627 g/mol. The van der Waals surface area contributed by atoms with E-state index in [0.717, 1.165) is 11.2 Å². The molecule has 0 aliphatic carbocycles. The van der Waals surface area contributed by atoms with Gasteiger partial charge in [0.2, 0.25) is 11.8 Å². The lowest BCUT2D eigenvalue weighted by Crippen LogP contribution is -2.27. The molecule has 2 aromatic carbocycles. The predicted octanol–water partition coefficient (Wildman–Crippen LogP) is 5.60. The van der Waals surface area contributed by atoms with Crippen LogP contribution in [0, 0.1) is 0 Å². The maximum Gasteiger partial charge on any atom is 0.297 e. The molecule has 0 bridgehead atoms. The van der Waals surface area contributed by atoms with E-state index in [1.165, 1.54) is 11.8 Å². The minimum atomic E-state index is -0.262. The van der Waals surface area contributed by atoms with Gasteiger partial charge in [0, 0.05) is 56.6 Å².